The Kier molecular flexibility index (Phi) is 3.95. The van der Waals surface area contributed by atoms with E-state index < -0.39 is 0 Å². The van der Waals surface area contributed by atoms with E-state index in [-0.39, 0.29) is 11.9 Å². The van der Waals surface area contributed by atoms with Gasteiger partial charge < -0.3 is 10.2 Å². The highest BCUT2D eigenvalue weighted by Gasteiger charge is 2.29. The lowest BCUT2D eigenvalue weighted by Gasteiger charge is -2.17. The fourth-order valence-corrected chi connectivity index (χ4v) is 4.34. The molecule has 1 amide bonds. The summed E-state index contributed by atoms with van der Waals surface area (Å²) in [4.78, 5) is 23.8. The molecule has 1 aliphatic heterocycles. The number of amides is 1. The van der Waals surface area contributed by atoms with Crippen molar-refractivity contribution in [3.05, 3.63) is 38.9 Å². The lowest BCUT2D eigenvalue weighted by Crippen LogP contribution is -2.31. The van der Waals surface area contributed by atoms with Gasteiger partial charge in [-0.15, -0.1) is 11.3 Å². The van der Waals surface area contributed by atoms with Crippen LogP contribution in [0.25, 0.3) is 0 Å². The molecule has 3 heterocycles. The molecule has 1 aliphatic carbocycles. The third-order valence-electron chi connectivity index (χ3n) is 4.48. The number of halogens is 1. The molecule has 0 aromatic carbocycles. The number of aromatic nitrogens is 2. The van der Waals surface area contributed by atoms with Gasteiger partial charge in [0.25, 0.3) is 5.91 Å². The van der Waals surface area contributed by atoms with Crippen LogP contribution in [0.2, 0.25) is 4.34 Å². The van der Waals surface area contributed by atoms with Crippen LogP contribution in [0.4, 0.5) is 5.82 Å². The highest BCUT2D eigenvalue weighted by atomic mass is 35.5. The fourth-order valence-electron chi connectivity index (χ4n) is 3.32. The van der Waals surface area contributed by atoms with Crippen molar-refractivity contribution >= 4 is 34.7 Å². The molecule has 0 radical (unpaired) electrons. The van der Waals surface area contributed by atoms with Gasteiger partial charge in [0.2, 0.25) is 0 Å². The number of nitrogens with zero attached hydrogens (tertiary/aromatic N) is 3. The Morgan fingerprint density at radius 1 is 1.35 bits per heavy atom. The fraction of sp³-hybridized carbons (Fsp3) is 0.438. The smallest absolute Gasteiger partial charge is 0.264 e. The van der Waals surface area contributed by atoms with Gasteiger partial charge in [0.05, 0.1) is 9.21 Å². The minimum atomic E-state index is 0.0686. The zero-order chi connectivity index (χ0) is 15.8. The molecule has 1 N–H and O–H groups in total. The average Bonchev–Trinajstić information content (AvgIpc) is 3.26. The maximum Gasteiger partial charge on any atom is 0.264 e. The second-order valence-electron chi connectivity index (χ2n) is 5.99. The van der Waals surface area contributed by atoms with E-state index in [4.69, 9.17) is 11.6 Å². The first kappa shape index (κ1) is 14.9. The molecule has 7 heteroatoms. The zero-order valence-electron chi connectivity index (χ0n) is 12.6. The normalized spacial score (nSPS) is 19.9. The van der Waals surface area contributed by atoms with Gasteiger partial charge in [-0.05, 0) is 37.8 Å². The summed E-state index contributed by atoms with van der Waals surface area (Å²) in [5.74, 6) is 1.02. The SMILES string of the molecule is O=C(c1ccc(Cl)s1)N1CC[C@H](Nc2ncnc3c2CCC3)C1. The molecule has 0 unspecified atom stereocenters. The number of hydrogen-bond acceptors (Lipinski definition) is 5. The van der Waals surface area contributed by atoms with Crippen molar-refractivity contribution in [3.8, 4) is 0 Å². The summed E-state index contributed by atoms with van der Waals surface area (Å²) in [7, 11) is 0. The number of likely N-dealkylation sites (tertiary alicyclic amines) is 1. The van der Waals surface area contributed by atoms with Gasteiger partial charge in [0, 0.05) is 30.4 Å². The highest BCUT2D eigenvalue weighted by Crippen LogP contribution is 2.28. The van der Waals surface area contributed by atoms with Crippen molar-refractivity contribution < 1.29 is 4.79 Å². The Labute approximate surface area is 143 Å². The molecule has 5 nitrogen and oxygen atoms in total. The summed E-state index contributed by atoms with van der Waals surface area (Å²) in [5, 5.41) is 3.52. The van der Waals surface area contributed by atoms with Crippen LogP contribution in [0.5, 0.6) is 0 Å². The number of thiophene rings is 1. The van der Waals surface area contributed by atoms with Crippen molar-refractivity contribution in [3.63, 3.8) is 0 Å². The summed E-state index contributed by atoms with van der Waals surface area (Å²) in [6.07, 6.45) is 5.81. The second kappa shape index (κ2) is 6.09. The number of carbonyl (C=O) groups is 1. The average molecular weight is 349 g/mol. The maximum absolute atomic E-state index is 12.5. The topological polar surface area (TPSA) is 58.1 Å². The summed E-state index contributed by atoms with van der Waals surface area (Å²) in [6.45, 7) is 1.46. The summed E-state index contributed by atoms with van der Waals surface area (Å²) in [6, 6.07) is 3.82. The first-order valence-electron chi connectivity index (χ1n) is 7.84. The molecule has 1 saturated heterocycles. The molecular weight excluding hydrogens is 332 g/mol. The van der Waals surface area contributed by atoms with Crippen LogP contribution in [-0.4, -0.2) is 39.9 Å². The predicted octanol–water partition coefficient (Wildman–Crippen LogP) is 3.01. The standard InChI is InChI=1S/C16H17ClN4OS/c17-14-5-4-13(23-14)16(22)21-7-6-10(8-21)20-15-11-2-1-3-12(11)18-9-19-15/h4-5,9-10H,1-3,6-8H2,(H,18,19,20)/t10-/m0/s1. The van der Waals surface area contributed by atoms with Crippen LogP contribution >= 0.6 is 22.9 Å². The molecule has 1 fully saturated rings. The Balaban J connectivity index is 1.43. The van der Waals surface area contributed by atoms with Gasteiger partial charge in [-0.25, -0.2) is 9.97 Å². The molecule has 0 saturated carbocycles. The van der Waals surface area contributed by atoms with Crippen LogP contribution in [0.1, 0.15) is 33.8 Å². The summed E-state index contributed by atoms with van der Waals surface area (Å²) < 4.78 is 0.652. The van der Waals surface area contributed by atoms with E-state index in [1.807, 2.05) is 4.90 Å². The van der Waals surface area contributed by atoms with E-state index in [1.165, 1.54) is 22.6 Å². The summed E-state index contributed by atoms with van der Waals surface area (Å²) in [5.41, 5.74) is 2.42. The third kappa shape index (κ3) is 2.93. The molecule has 2 aliphatic rings. The molecule has 1 atom stereocenters. The minimum Gasteiger partial charge on any atom is -0.365 e. The van der Waals surface area contributed by atoms with E-state index in [9.17, 15) is 4.79 Å². The van der Waals surface area contributed by atoms with Gasteiger partial charge in [-0.3, -0.25) is 4.79 Å². The van der Waals surface area contributed by atoms with Crippen LogP contribution in [0.15, 0.2) is 18.5 Å². The molecular formula is C16H17ClN4OS. The number of anilines is 1. The Hall–Kier alpha value is -1.66. The van der Waals surface area contributed by atoms with E-state index in [1.54, 1.807) is 18.5 Å². The number of rotatable bonds is 3. The monoisotopic (exact) mass is 348 g/mol. The van der Waals surface area contributed by atoms with Crippen molar-refractivity contribution in [1.82, 2.24) is 14.9 Å². The minimum absolute atomic E-state index is 0.0686. The Bertz CT molecular complexity index is 747. The lowest BCUT2D eigenvalue weighted by molar-refractivity contribution is 0.0796. The highest BCUT2D eigenvalue weighted by molar-refractivity contribution is 7.17. The quantitative estimate of drug-likeness (QED) is 0.926. The maximum atomic E-state index is 12.5. The van der Waals surface area contributed by atoms with E-state index in [0.29, 0.717) is 15.8 Å². The van der Waals surface area contributed by atoms with Crippen LogP contribution in [0, 0.1) is 0 Å². The van der Waals surface area contributed by atoms with Gasteiger partial charge in [-0.1, -0.05) is 11.6 Å². The van der Waals surface area contributed by atoms with Crippen LogP contribution in [-0.2, 0) is 12.8 Å². The van der Waals surface area contributed by atoms with E-state index in [0.717, 1.165) is 38.0 Å². The van der Waals surface area contributed by atoms with Gasteiger partial charge >= 0.3 is 0 Å². The molecule has 2 aromatic heterocycles. The zero-order valence-corrected chi connectivity index (χ0v) is 14.2. The molecule has 2 aromatic rings. The number of aryl methyl sites for hydroxylation is 1. The van der Waals surface area contributed by atoms with Gasteiger partial charge in [0.15, 0.2) is 0 Å². The first-order valence-corrected chi connectivity index (χ1v) is 9.04. The van der Waals surface area contributed by atoms with E-state index in [2.05, 4.69) is 15.3 Å². The molecule has 4 rings (SSSR count). The number of hydrogen-bond donors (Lipinski definition) is 1. The second-order valence-corrected chi connectivity index (χ2v) is 7.70. The summed E-state index contributed by atoms with van der Waals surface area (Å²) >= 11 is 7.26. The molecule has 0 bridgehead atoms. The molecule has 23 heavy (non-hydrogen) atoms. The Morgan fingerprint density at radius 3 is 3.09 bits per heavy atom. The molecule has 0 spiro atoms. The Morgan fingerprint density at radius 2 is 2.26 bits per heavy atom. The largest absolute Gasteiger partial charge is 0.365 e. The number of nitrogens with one attached hydrogen (secondary N) is 1. The van der Waals surface area contributed by atoms with E-state index >= 15 is 0 Å². The van der Waals surface area contributed by atoms with Crippen LogP contribution < -0.4 is 5.32 Å². The lowest BCUT2D eigenvalue weighted by atomic mass is 10.2. The molecule has 120 valence electrons. The van der Waals surface area contributed by atoms with Crippen molar-refractivity contribution in [2.24, 2.45) is 0 Å². The predicted molar refractivity (Wildman–Crippen MR) is 91.3 cm³/mol. The number of fused-ring (bicyclic) bond motifs is 1. The third-order valence-corrected chi connectivity index (χ3v) is 5.69. The van der Waals surface area contributed by atoms with Crippen molar-refractivity contribution in [2.75, 3.05) is 18.4 Å². The van der Waals surface area contributed by atoms with Crippen LogP contribution in [0.3, 0.4) is 0 Å². The first-order chi connectivity index (χ1) is 11.2. The van der Waals surface area contributed by atoms with Gasteiger partial charge in [0.1, 0.15) is 12.1 Å². The van der Waals surface area contributed by atoms with Gasteiger partial charge in [-0.2, -0.15) is 0 Å². The number of carbonyl (C=O) groups excluding carboxylic acids is 1. The van der Waals surface area contributed by atoms with Crippen molar-refractivity contribution in [1.29, 1.82) is 0 Å². The van der Waals surface area contributed by atoms with Crippen molar-refractivity contribution in [2.45, 2.75) is 31.7 Å².